The molecule has 0 unspecified atom stereocenters. The highest BCUT2D eigenvalue weighted by molar-refractivity contribution is 5.94. The third kappa shape index (κ3) is 8.21. The van der Waals surface area contributed by atoms with E-state index in [0.29, 0.717) is 17.3 Å². The number of nitrogens with one attached hydrogen (secondary N) is 3. The van der Waals surface area contributed by atoms with Crippen LogP contribution < -0.4 is 16.0 Å². The second-order valence-electron chi connectivity index (χ2n) is 6.03. The first-order valence-electron chi connectivity index (χ1n) is 7.87. The van der Waals surface area contributed by atoms with Gasteiger partial charge in [-0.3, -0.25) is 4.79 Å². The maximum atomic E-state index is 12.0. The van der Waals surface area contributed by atoms with Gasteiger partial charge in [-0.2, -0.15) is 0 Å². The van der Waals surface area contributed by atoms with Crippen LogP contribution in [0.15, 0.2) is 24.3 Å². The van der Waals surface area contributed by atoms with Crippen molar-refractivity contribution >= 4 is 23.3 Å². The predicted octanol–water partition coefficient (Wildman–Crippen LogP) is 3.22. The SMILES string of the molecule is COCC(=O)Nc1cccc(NC(=O)N[C@@H](C)CCC(C)C)c1. The molecule has 6 heteroatoms. The standard InChI is InChI=1S/C17H27N3O3/c1-12(2)8-9-13(3)18-17(22)20-15-7-5-6-14(10-15)19-16(21)11-23-4/h5-7,10,12-13H,8-9,11H2,1-4H3,(H,19,21)(H2,18,20,22)/t13-/m0/s1. The van der Waals surface area contributed by atoms with Gasteiger partial charge in [0.1, 0.15) is 6.61 Å². The van der Waals surface area contributed by atoms with Gasteiger partial charge in [0.25, 0.3) is 0 Å². The van der Waals surface area contributed by atoms with Gasteiger partial charge in [-0.1, -0.05) is 19.9 Å². The summed E-state index contributed by atoms with van der Waals surface area (Å²) in [6.45, 7) is 6.31. The molecule has 0 radical (unpaired) electrons. The van der Waals surface area contributed by atoms with Crippen LogP contribution in [0.1, 0.15) is 33.6 Å². The second-order valence-corrected chi connectivity index (χ2v) is 6.03. The fraction of sp³-hybridized carbons (Fsp3) is 0.529. The van der Waals surface area contributed by atoms with E-state index in [9.17, 15) is 9.59 Å². The summed E-state index contributed by atoms with van der Waals surface area (Å²) >= 11 is 0. The van der Waals surface area contributed by atoms with Crippen LogP contribution in [0, 0.1) is 5.92 Å². The van der Waals surface area contributed by atoms with Crippen LogP contribution in [0.2, 0.25) is 0 Å². The van der Waals surface area contributed by atoms with Crippen molar-refractivity contribution in [1.82, 2.24) is 5.32 Å². The van der Waals surface area contributed by atoms with Crippen LogP contribution in [0.5, 0.6) is 0 Å². The third-order valence-corrected chi connectivity index (χ3v) is 3.23. The van der Waals surface area contributed by atoms with Gasteiger partial charge in [-0.15, -0.1) is 0 Å². The lowest BCUT2D eigenvalue weighted by Gasteiger charge is -2.16. The molecule has 0 bridgehead atoms. The van der Waals surface area contributed by atoms with Crippen molar-refractivity contribution in [2.45, 2.75) is 39.7 Å². The molecule has 1 aromatic rings. The molecule has 0 aromatic heterocycles. The molecule has 128 valence electrons. The van der Waals surface area contributed by atoms with Gasteiger partial charge in [-0.25, -0.2) is 4.79 Å². The number of benzene rings is 1. The number of urea groups is 1. The van der Waals surface area contributed by atoms with Crippen molar-refractivity contribution in [3.05, 3.63) is 24.3 Å². The van der Waals surface area contributed by atoms with E-state index < -0.39 is 0 Å². The largest absolute Gasteiger partial charge is 0.375 e. The summed E-state index contributed by atoms with van der Waals surface area (Å²) in [6, 6.07) is 6.85. The van der Waals surface area contributed by atoms with E-state index in [4.69, 9.17) is 4.74 Å². The number of carbonyl (C=O) groups is 2. The molecular weight excluding hydrogens is 294 g/mol. The molecule has 1 rings (SSSR count). The van der Waals surface area contributed by atoms with Gasteiger partial charge < -0.3 is 20.7 Å². The number of rotatable bonds is 8. The Morgan fingerprint density at radius 1 is 1.09 bits per heavy atom. The van der Waals surface area contributed by atoms with Crippen molar-refractivity contribution in [3.8, 4) is 0 Å². The summed E-state index contributed by atoms with van der Waals surface area (Å²) in [4.78, 5) is 23.5. The van der Waals surface area contributed by atoms with Gasteiger partial charge in [-0.05, 0) is 43.9 Å². The van der Waals surface area contributed by atoms with Gasteiger partial charge in [0.15, 0.2) is 0 Å². The molecule has 6 nitrogen and oxygen atoms in total. The van der Waals surface area contributed by atoms with E-state index >= 15 is 0 Å². The minimum absolute atomic E-state index is 0.00842. The molecule has 1 atom stereocenters. The summed E-state index contributed by atoms with van der Waals surface area (Å²) in [5, 5.41) is 8.37. The highest BCUT2D eigenvalue weighted by atomic mass is 16.5. The van der Waals surface area contributed by atoms with Crippen molar-refractivity contribution in [1.29, 1.82) is 0 Å². The Kier molecular flexibility index (Phi) is 8.11. The summed E-state index contributed by atoms with van der Waals surface area (Å²) in [5.41, 5.74) is 1.23. The first kappa shape index (κ1) is 19.0. The number of hydrogen-bond acceptors (Lipinski definition) is 3. The topological polar surface area (TPSA) is 79.5 Å². The fourth-order valence-corrected chi connectivity index (χ4v) is 2.05. The first-order valence-corrected chi connectivity index (χ1v) is 7.87. The lowest BCUT2D eigenvalue weighted by Crippen LogP contribution is -2.36. The molecule has 3 N–H and O–H groups in total. The normalized spacial score (nSPS) is 11.9. The summed E-state index contributed by atoms with van der Waals surface area (Å²) in [7, 11) is 1.46. The highest BCUT2D eigenvalue weighted by Gasteiger charge is 2.09. The van der Waals surface area contributed by atoms with Crippen LogP contribution in [0.25, 0.3) is 0 Å². The molecule has 3 amide bonds. The maximum absolute atomic E-state index is 12.0. The number of ether oxygens (including phenoxy) is 1. The molecule has 0 aliphatic carbocycles. The van der Waals surface area contributed by atoms with Crippen molar-refractivity contribution in [2.24, 2.45) is 5.92 Å². The molecule has 23 heavy (non-hydrogen) atoms. The van der Waals surface area contributed by atoms with Gasteiger partial charge in [0.05, 0.1) is 0 Å². The molecule has 0 spiro atoms. The number of anilines is 2. The van der Waals surface area contributed by atoms with Crippen molar-refractivity contribution in [3.63, 3.8) is 0 Å². The Morgan fingerprint density at radius 2 is 1.74 bits per heavy atom. The molecule has 0 aliphatic rings. The van der Waals surface area contributed by atoms with Crippen LogP contribution in [0.3, 0.4) is 0 Å². The zero-order valence-electron chi connectivity index (χ0n) is 14.3. The quantitative estimate of drug-likeness (QED) is 0.688. The molecule has 0 fully saturated rings. The molecule has 0 saturated carbocycles. The average molecular weight is 321 g/mol. The Morgan fingerprint density at radius 3 is 2.35 bits per heavy atom. The molecule has 1 aromatic carbocycles. The van der Waals surface area contributed by atoms with Crippen LogP contribution in [-0.4, -0.2) is 31.7 Å². The fourth-order valence-electron chi connectivity index (χ4n) is 2.05. The molecule has 0 saturated heterocycles. The zero-order valence-corrected chi connectivity index (χ0v) is 14.3. The lowest BCUT2D eigenvalue weighted by atomic mass is 10.0. The van der Waals surface area contributed by atoms with Crippen LogP contribution in [-0.2, 0) is 9.53 Å². The number of amides is 3. The first-order chi connectivity index (χ1) is 10.9. The monoisotopic (exact) mass is 321 g/mol. The smallest absolute Gasteiger partial charge is 0.319 e. The summed E-state index contributed by atoms with van der Waals surface area (Å²) < 4.78 is 4.76. The lowest BCUT2D eigenvalue weighted by molar-refractivity contribution is -0.119. The van der Waals surface area contributed by atoms with E-state index in [-0.39, 0.29) is 24.6 Å². The Bertz CT molecular complexity index is 518. The summed E-state index contributed by atoms with van der Waals surface area (Å²) in [6.07, 6.45) is 2.01. The highest BCUT2D eigenvalue weighted by Crippen LogP contribution is 2.15. The molecule has 0 heterocycles. The van der Waals surface area contributed by atoms with E-state index in [2.05, 4.69) is 29.8 Å². The number of hydrogen-bond donors (Lipinski definition) is 3. The molecular formula is C17H27N3O3. The minimum atomic E-state index is -0.248. The molecule has 0 aliphatic heterocycles. The predicted molar refractivity (Wildman–Crippen MR) is 92.6 cm³/mol. The second kappa shape index (κ2) is 9.84. The Balaban J connectivity index is 2.50. The van der Waals surface area contributed by atoms with Crippen LogP contribution in [0.4, 0.5) is 16.2 Å². The number of methoxy groups -OCH3 is 1. The van der Waals surface area contributed by atoms with Crippen LogP contribution >= 0.6 is 0 Å². The van der Waals surface area contributed by atoms with E-state index in [1.165, 1.54) is 7.11 Å². The van der Waals surface area contributed by atoms with E-state index in [1.54, 1.807) is 24.3 Å². The Hall–Kier alpha value is -2.08. The Labute approximate surface area is 138 Å². The van der Waals surface area contributed by atoms with Crippen molar-refractivity contribution in [2.75, 3.05) is 24.4 Å². The summed E-state index contributed by atoms with van der Waals surface area (Å²) in [5.74, 6) is 0.381. The zero-order chi connectivity index (χ0) is 17.2. The minimum Gasteiger partial charge on any atom is -0.375 e. The van der Waals surface area contributed by atoms with E-state index in [1.807, 2.05) is 6.92 Å². The third-order valence-electron chi connectivity index (χ3n) is 3.23. The maximum Gasteiger partial charge on any atom is 0.319 e. The van der Waals surface area contributed by atoms with Crippen molar-refractivity contribution < 1.29 is 14.3 Å². The van der Waals surface area contributed by atoms with E-state index in [0.717, 1.165) is 12.8 Å². The van der Waals surface area contributed by atoms with Gasteiger partial charge in [0.2, 0.25) is 5.91 Å². The van der Waals surface area contributed by atoms with Gasteiger partial charge in [0, 0.05) is 24.5 Å². The number of carbonyl (C=O) groups excluding carboxylic acids is 2. The van der Waals surface area contributed by atoms with Gasteiger partial charge >= 0.3 is 6.03 Å². The average Bonchev–Trinajstić information content (AvgIpc) is 2.45.